The largest absolute Gasteiger partial charge is 0.342 e. The van der Waals surface area contributed by atoms with Crippen molar-refractivity contribution in [2.45, 2.75) is 25.3 Å². The molecule has 1 heterocycles. The fourth-order valence-electron chi connectivity index (χ4n) is 2.35. The SMILES string of the molecule is CNC1CCN(C(=O)Cc2ccc(F)c(Br)c2)CC1.Cl. The van der Waals surface area contributed by atoms with Crippen molar-refractivity contribution in [3.05, 3.63) is 34.1 Å². The van der Waals surface area contributed by atoms with Gasteiger partial charge in [0, 0.05) is 19.1 Å². The molecule has 1 aromatic carbocycles. The van der Waals surface area contributed by atoms with E-state index in [9.17, 15) is 9.18 Å². The molecule has 1 aliphatic rings. The van der Waals surface area contributed by atoms with Gasteiger partial charge >= 0.3 is 0 Å². The maximum atomic E-state index is 13.1. The monoisotopic (exact) mass is 364 g/mol. The summed E-state index contributed by atoms with van der Waals surface area (Å²) in [6.07, 6.45) is 2.33. The average Bonchev–Trinajstić information content (AvgIpc) is 2.43. The molecule has 6 heteroatoms. The van der Waals surface area contributed by atoms with Crippen LogP contribution in [0, 0.1) is 5.82 Å². The second kappa shape index (κ2) is 7.96. The normalized spacial score (nSPS) is 15.8. The molecule has 1 fully saturated rings. The molecule has 0 bridgehead atoms. The van der Waals surface area contributed by atoms with E-state index >= 15 is 0 Å². The summed E-state index contributed by atoms with van der Waals surface area (Å²) in [6.45, 7) is 1.60. The molecule has 1 saturated heterocycles. The lowest BCUT2D eigenvalue weighted by Gasteiger charge is -2.31. The van der Waals surface area contributed by atoms with Crippen molar-refractivity contribution >= 4 is 34.2 Å². The van der Waals surface area contributed by atoms with Crippen molar-refractivity contribution in [3.63, 3.8) is 0 Å². The minimum Gasteiger partial charge on any atom is -0.342 e. The minimum atomic E-state index is -0.300. The molecule has 0 atom stereocenters. The summed E-state index contributed by atoms with van der Waals surface area (Å²) in [7, 11) is 1.96. The smallest absolute Gasteiger partial charge is 0.226 e. The Bertz CT molecular complexity index is 464. The molecule has 0 radical (unpaired) electrons. The zero-order valence-electron chi connectivity index (χ0n) is 11.4. The maximum Gasteiger partial charge on any atom is 0.226 e. The fraction of sp³-hybridized carbons (Fsp3) is 0.500. The van der Waals surface area contributed by atoms with Crippen molar-refractivity contribution in [2.24, 2.45) is 0 Å². The van der Waals surface area contributed by atoms with Gasteiger partial charge in [0.25, 0.3) is 0 Å². The number of carbonyl (C=O) groups is 1. The van der Waals surface area contributed by atoms with Crippen molar-refractivity contribution in [1.29, 1.82) is 0 Å². The van der Waals surface area contributed by atoms with E-state index in [4.69, 9.17) is 0 Å². The van der Waals surface area contributed by atoms with Gasteiger partial charge in [-0.3, -0.25) is 4.79 Å². The van der Waals surface area contributed by atoms with Crippen LogP contribution in [0.1, 0.15) is 18.4 Å². The summed E-state index contributed by atoms with van der Waals surface area (Å²) < 4.78 is 13.5. The highest BCUT2D eigenvalue weighted by molar-refractivity contribution is 9.10. The molecule has 1 amide bonds. The van der Waals surface area contributed by atoms with Gasteiger partial charge in [0.15, 0.2) is 0 Å². The predicted octanol–water partition coefficient (Wildman–Crippen LogP) is 2.76. The number of halogens is 3. The van der Waals surface area contributed by atoms with Crippen molar-refractivity contribution in [1.82, 2.24) is 10.2 Å². The van der Waals surface area contributed by atoms with Crippen LogP contribution >= 0.6 is 28.3 Å². The van der Waals surface area contributed by atoms with Gasteiger partial charge in [0.05, 0.1) is 10.9 Å². The first-order chi connectivity index (χ1) is 9.10. The number of nitrogens with zero attached hydrogens (tertiary/aromatic N) is 1. The van der Waals surface area contributed by atoms with Crippen molar-refractivity contribution in [2.75, 3.05) is 20.1 Å². The lowest BCUT2D eigenvalue weighted by molar-refractivity contribution is -0.131. The molecular weight excluding hydrogens is 347 g/mol. The molecule has 1 aromatic rings. The average molecular weight is 366 g/mol. The molecular formula is C14H19BrClFN2O. The van der Waals surface area contributed by atoms with Crippen LogP contribution in [0.4, 0.5) is 4.39 Å². The van der Waals surface area contributed by atoms with Crippen LogP contribution < -0.4 is 5.32 Å². The quantitative estimate of drug-likeness (QED) is 0.893. The number of carbonyl (C=O) groups excluding carboxylic acids is 1. The first-order valence-corrected chi connectivity index (χ1v) is 7.28. The van der Waals surface area contributed by atoms with Gasteiger partial charge < -0.3 is 10.2 Å². The van der Waals surface area contributed by atoms with Crippen LogP contribution in [-0.4, -0.2) is 37.0 Å². The van der Waals surface area contributed by atoms with Gasteiger partial charge in [-0.15, -0.1) is 12.4 Å². The minimum absolute atomic E-state index is 0. The third-order valence-electron chi connectivity index (χ3n) is 3.60. The summed E-state index contributed by atoms with van der Waals surface area (Å²) in [6, 6.07) is 5.25. The number of hydrogen-bond acceptors (Lipinski definition) is 2. The Morgan fingerprint density at radius 1 is 1.45 bits per heavy atom. The van der Waals surface area contributed by atoms with Gasteiger partial charge in [0.1, 0.15) is 5.82 Å². The van der Waals surface area contributed by atoms with Gasteiger partial charge in [-0.2, -0.15) is 0 Å². The van der Waals surface area contributed by atoms with Gasteiger partial charge in [-0.25, -0.2) is 4.39 Å². The third kappa shape index (κ3) is 4.43. The topological polar surface area (TPSA) is 32.3 Å². The lowest BCUT2D eigenvalue weighted by Crippen LogP contribution is -2.44. The molecule has 3 nitrogen and oxygen atoms in total. The first kappa shape index (κ1) is 17.4. The van der Waals surface area contributed by atoms with Crippen LogP contribution in [0.3, 0.4) is 0 Å². The Morgan fingerprint density at radius 2 is 2.10 bits per heavy atom. The van der Waals surface area contributed by atoms with E-state index in [1.165, 1.54) is 6.07 Å². The number of benzene rings is 1. The van der Waals surface area contributed by atoms with Crippen molar-refractivity contribution in [3.8, 4) is 0 Å². The van der Waals surface area contributed by atoms with Crippen LogP contribution in [0.15, 0.2) is 22.7 Å². The standard InChI is InChI=1S/C14H18BrFN2O.ClH/c1-17-11-4-6-18(7-5-11)14(19)9-10-2-3-13(16)12(15)8-10;/h2-3,8,11,17H,4-7,9H2,1H3;1H. The Labute approximate surface area is 133 Å². The molecule has 0 saturated carbocycles. The molecule has 2 rings (SSSR count). The summed E-state index contributed by atoms with van der Waals surface area (Å²) >= 11 is 3.14. The van der Waals surface area contributed by atoms with E-state index in [-0.39, 0.29) is 24.1 Å². The van der Waals surface area contributed by atoms with Crippen LogP contribution in [0.5, 0.6) is 0 Å². The highest BCUT2D eigenvalue weighted by Crippen LogP contribution is 2.18. The predicted molar refractivity (Wildman–Crippen MR) is 83.7 cm³/mol. The number of rotatable bonds is 3. The molecule has 0 unspecified atom stereocenters. The van der Waals surface area contributed by atoms with Crippen LogP contribution in [-0.2, 0) is 11.2 Å². The van der Waals surface area contributed by atoms with E-state index in [1.807, 2.05) is 11.9 Å². The summed E-state index contributed by atoms with van der Waals surface area (Å²) in [5.74, 6) is -0.181. The summed E-state index contributed by atoms with van der Waals surface area (Å²) in [5, 5.41) is 3.24. The third-order valence-corrected chi connectivity index (χ3v) is 4.20. The summed E-state index contributed by atoms with van der Waals surface area (Å²) in [4.78, 5) is 14.0. The van der Waals surface area contributed by atoms with E-state index in [0.29, 0.717) is 16.9 Å². The fourth-order valence-corrected chi connectivity index (χ4v) is 2.78. The van der Waals surface area contributed by atoms with Gasteiger partial charge in [0.2, 0.25) is 5.91 Å². The highest BCUT2D eigenvalue weighted by Gasteiger charge is 2.21. The number of nitrogens with one attached hydrogen (secondary N) is 1. The molecule has 1 N–H and O–H groups in total. The molecule has 20 heavy (non-hydrogen) atoms. The highest BCUT2D eigenvalue weighted by atomic mass is 79.9. The van der Waals surface area contributed by atoms with Crippen LogP contribution in [0.2, 0.25) is 0 Å². The molecule has 1 aliphatic heterocycles. The van der Waals surface area contributed by atoms with Crippen molar-refractivity contribution < 1.29 is 9.18 Å². The summed E-state index contributed by atoms with van der Waals surface area (Å²) in [5.41, 5.74) is 0.842. The second-order valence-electron chi connectivity index (χ2n) is 4.87. The Hall–Kier alpha value is -0.650. The Kier molecular flexibility index (Phi) is 6.92. The van der Waals surface area contributed by atoms with E-state index in [2.05, 4.69) is 21.2 Å². The Balaban J connectivity index is 0.00000200. The molecule has 0 aromatic heterocycles. The molecule has 0 spiro atoms. The number of hydrogen-bond donors (Lipinski definition) is 1. The number of likely N-dealkylation sites (tertiary alicyclic amines) is 1. The van der Waals surface area contributed by atoms with E-state index in [1.54, 1.807) is 12.1 Å². The van der Waals surface area contributed by atoms with Crippen LogP contribution in [0.25, 0.3) is 0 Å². The lowest BCUT2D eigenvalue weighted by atomic mass is 10.0. The van der Waals surface area contributed by atoms with Gasteiger partial charge in [-0.1, -0.05) is 6.07 Å². The first-order valence-electron chi connectivity index (χ1n) is 6.49. The van der Waals surface area contributed by atoms with E-state index in [0.717, 1.165) is 31.5 Å². The maximum absolute atomic E-state index is 13.1. The number of amides is 1. The zero-order valence-corrected chi connectivity index (χ0v) is 13.8. The zero-order chi connectivity index (χ0) is 13.8. The second-order valence-corrected chi connectivity index (χ2v) is 5.72. The number of piperidine rings is 1. The van der Waals surface area contributed by atoms with Gasteiger partial charge in [-0.05, 0) is 53.5 Å². The van der Waals surface area contributed by atoms with E-state index < -0.39 is 0 Å². The molecule has 0 aliphatic carbocycles. The molecule has 112 valence electrons. The Morgan fingerprint density at radius 3 is 2.65 bits per heavy atom.